The maximum atomic E-state index is 11.7. The third-order valence-corrected chi connectivity index (χ3v) is 4.09. The minimum Gasteiger partial charge on any atom is -0.477 e. The first-order valence-corrected chi connectivity index (χ1v) is 7.17. The number of rotatable bonds is 5. The van der Waals surface area contributed by atoms with Crippen molar-refractivity contribution in [3.8, 4) is 0 Å². The first kappa shape index (κ1) is 14.0. The van der Waals surface area contributed by atoms with Gasteiger partial charge < -0.3 is 15.2 Å². The largest absolute Gasteiger partial charge is 0.477 e. The molecule has 1 unspecified atom stereocenters. The van der Waals surface area contributed by atoms with Crippen molar-refractivity contribution < 1.29 is 19.4 Å². The number of carboxylic acids is 1. The van der Waals surface area contributed by atoms with Crippen LogP contribution in [0.5, 0.6) is 0 Å². The fourth-order valence-corrected chi connectivity index (χ4v) is 2.81. The molecule has 5 nitrogen and oxygen atoms in total. The summed E-state index contributed by atoms with van der Waals surface area (Å²) in [6.45, 7) is 1.12. The highest BCUT2D eigenvalue weighted by atomic mass is 32.1. The predicted octanol–water partition coefficient (Wildman–Crippen LogP) is 2.02. The Morgan fingerprint density at radius 1 is 1.42 bits per heavy atom. The van der Waals surface area contributed by atoms with E-state index in [1.54, 1.807) is 12.1 Å². The van der Waals surface area contributed by atoms with Crippen LogP contribution in [0.4, 0.5) is 0 Å². The Bertz CT molecular complexity index is 451. The Morgan fingerprint density at radius 2 is 2.26 bits per heavy atom. The molecule has 1 amide bonds. The van der Waals surface area contributed by atoms with Crippen LogP contribution in [0, 0.1) is 0 Å². The van der Waals surface area contributed by atoms with Gasteiger partial charge >= 0.3 is 5.97 Å². The van der Waals surface area contributed by atoms with Crippen LogP contribution in [0.15, 0.2) is 12.1 Å². The Hall–Kier alpha value is -1.40. The summed E-state index contributed by atoms with van der Waals surface area (Å²) in [5.41, 5.74) is 0. The number of carboxylic acid groups (broad SMARTS) is 1. The molecule has 1 aliphatic heterocycles. The average molecular weight is 283 g/mol. The monoisotopic (exact) mass is 283 g/mol. The van der Waals surface area contributed by atoms with Gasteiger partial charge in [0.1, 0.15) is 4.88 Å². The molecule has 1 saturated heterocycles. The fourth-order valence-electron chi connectivity index (χ4n) is 2.02. The number of ether oxygens (including phenoxy) is 1. The van der Waals surface area contributed by atoms with Gasteiger partial charge in [-0.15, -0.1) is 11.3 Å². The Labute approximate surface area is 115 Å². The summed E-state index contributed by atoms with van der Waals surface area (Å²) in [5, 5.41) is 11.6. The van der Waals surface area contributed by atoms with Crippen LogP contribution < -0.4 is 5.32 Å². The van der Waals surface area contributed by atoms with E-state index in [2.05, 4.69) is 5.32 Å². The van der Waals surface area contributed by atoms with Crippen molar-refractivity contribution in [1.29, 1.82) is 0 Å². The van der Waals surface area contributed by atoms with Crippen LogP contribution >= 0.6 is 11.3 Å². The molecule has 2 heterocycles. The Morgan fingerprint density at radius 3 is 2.89 bits per heavy atom. The fraction of sp³-hybridized carbons (Fsp3) is 0.538. The molecule has 0 bridgehead atoms. The molecule has 0 aliphatic carbocycles. The van der Waals surface area contributed by atoms with Gasteiger partial charge in [0.05, 0.1) is 19.1 Å². The molecular formula is C13H17NO4S. The zero-order valence-electron chi connectivity index (χ0n) is 10.6. The van der Waals surface area contributed by atoms with E-state index < -0.39 is 5.97 Å². The second-order valence-electron chi connectivity index (χ2n) is 4.54. The van der Waals surface area contributed by atoms with Crippen molar-refractivity contribution in [3.63, 3.8) is 0 Å². The van der Waals surface area contributed by atoms with Crippen molar-refractivity contribution in [2.45, 2.75) is 38.3 Å². The topological polar surface area (TPSA) is 75.6 Å². The zero-order chi connectivity index (χ0) is 13.7. The van der Waals surface area contributed by atoms with Crippen LogP contribution in [-0.4, -0.2) is 29.7 Å². The normalized spacial score (nSPS) is 19.1. The van der Waals surface area contributed by atoms with Crippen LogP contribution in [0.25, 0.3) is 0 Å². The second-order valence-corrected chi connectivity index (χ2v) is 5.71. The van der Waals surface area contributed by atoms with Gasteiger partial charge in [-0.05, 0) is 31.4 Å². The molecule has 2 N–H and O–H groups in total. The van der Waals surface area contributed by atoms with Gasteiger partial charge in [0, 0.05) is 11.5 Å². The maximum Gasteiger partial charge on any atom is 0.345 e. The van der Waals surface area contributed by atoms with E-state index >= 15 is 0 Å². The van der Waals surface area contributed by atoms with Crippen molar-refractivity contribution in [1.82, 2.24) is 5.32 Å². The van der Waals surface area contributed by atoms with Crippen LogP contribution in [0.1, 0.15) is 40.2 Å². The molecule has 1 fully saturated rings. The smallest absolute Gasteiger partial charge is 0.345 e. The molecule has 1 aromatic heterocycles. The van der Waals surface area contributed by atoms with Gasteiger partial charge in [-0.25, -0.2) is 4.79 Å². The van der Waals surface area contributed by atoms with E-state index in [0.29, 0.717) is 17.8 Å². The third kappa shape index (κ3) is 4.33. The van der Waals surface area contributed by atoms with E-state index in [1.165, 1.54) is 11.3 Å². The molecule has 0 radical (unpaired) electrons. The van der Waals surface area contributed by atoms with Crippen LogP contribution in [0.3, 0.4) is 0 Å². The number of carbonyl (C=O) groups excluding carboxylic acids is 1. The van der Waals surface area contributed by atoms with Gasteiger partial charge in [-0.3, -0.25) is 4.79 Å². The number of hydrogen-bond acceptors (Lipinski definition) is 4. The highest BCUT2D eigenvalue weighted by Crippen LogP contribution is 2.17. The lowest BCUT2D eigenvalue weighted by atomic mass is 10.1. The van der Waals surface area contributed by atoms with Crippen molar-refractivity contribution in [2.24, 2.45) is 0 Å². The molecule has 0 aromatic carbocycles. The lowest BCUT2D eigenvalue weighted by Crippen LogP contribution is -2.29. The molecule has 1 atom stereocenters. The van der Waals surface area contributed by atoms with E-state index in [4.69, 9.17) is 9.84 Å². The highest BCUT2D eigenvalue weighted by Gasteiger charge is 2.17. The minimum absolute atomic E-state index is 0.0340. The quantitative estimate of drug-likeness (QED) is 0.867. The van der Waals surface area contributed by atoms with Crippen molar-refractivity contribution in [2.75, 3.05) is 6.61 Å². The average Bonchev–Trinajstić information content (AvgIpc) is 2.86. The van der Waals surface area contributed by atoms with Gasteiger partial charge in [-0.2, -0.15) is 0 Å². The van der Waals surface area contributed by atoms with Crippen LogP contribution in [-0.2, 0) is 16.1 Å². The lowest BCUT2D eigenvalue weighted by Gasteiger charge is -2.21. The first-order chi connectivity index (χ1) is 9.15. The standard InChI is InChI=1S/C13H17NO4S/c15-12(7-9-3-1-2-6-18-9)14-8-10-4-5-11(19-10)13(16)17/h4-5,9H,1-3,6-8H2,(H,14,15)(H,16,17). The molecule has 2 rings (SSSR count). The van der Waals surface area contributed by atoms with Crippen molar-refractivity contribution >= 4 is 23.2 Å². The molecule has 0 spiro atoms. The molecular weight excluding hydrogens is 266 g/mol. The summed E-state index contributed by atoms with van der Waals surface area (Å²) in [7, 11) is 0. The van der Waals surface area contributed by atoms with E-state index in [0.717, 1.165) is 30.7 Å². The van der Waals surface area contributed by atoms with E-state index in [-0.39, 0.29) is 12.0 Å². The lowest BCUT2D eigenvalue weighted by molar-refractivity contribution is -0.125. The summed E-state index contributed by atoms with van der Waals surface area (Å²) in [6.07, 6.45) is 3.55. The molecule has 104 valence electrons. The van der Waals surface area contributed by atoms with Crippen LogP contribution in [0.2, 0.25) is 0 Å². The van der Waals surface area contributed by atoms with E-state index in [9.17, 15) is 9.59 Å². The Kier molecular flexibility index (Phi) is 4.93. The minimum atomic E-state index is -0.932. The van der Waals surface area contributed by atoms with Gasteiger partial charge in [0.2, 0.25) is 5.91 Å². The number of thiophene rings is 1. The number of hydrogen-bond donors (Lipinski definition) is 2. The summed E-state index contributed by atoms with van der Waals surface area (Å²) < 4.78 is 5.50. The number of nitrogens with one attached hydrogen (secondary N) is 1. The molecule has 19 heavy (non-hydrogen) atoms. The summed E-state index contributed by atoms with van der Waals surface area (Å²) in [6, 6.07) is 3.28. The Balaban J connectivity index is 1.74. The van der Waals surface area contributed by atoms with Crippen molar-refractivity contribution in [3.05, 3.63) is 21.9 Å². The zero-order valence-corrected chi connectivity index (χ0v) is 11.4. The highest BCUT2D eigenvalue weighted by molar-refractivity contribution is 7.13. The second kappa shape index (κ2) is 6.68. The molecule has 6 heteroatoms. The predicted molar refractivity (Wildman–Crippen MR) is 71.3 cm³/mol. The summed E-state index contributed by atoms with van der Waals surface area (Å²) in [5.74, 6) is -0.977. The van der Waals surface area contributed by atoms with Gasteiger partial charge in [0.15, 0.2) is 0 Å². The number of amides is 1. The summed E-state index contributed by atoms with van der Waals surface area (Å²) >= 11 is 1.18. The first-order valence-electron chi connectivity index (χ1n) is 6.35. The third-order valence-electron chi connectivity index (χ3n) is 3.02. The molecule has 1 aromatic rings. The summed E-state index contributed by atoms with van der Waals surface area (Å²) in [4.78, 5) is 23.6. The van der Waals surface area contributed by atoms with E-state index in [1.807, 2.05) is 0 Å². The van der Waals surface area contributed by atoms with Gasteiger partial charge in [0.25, 0.3) is 0 Å². The number of carbonyl (C=O) groups is 2. The maximum absolute atomic E-state index is 11.7. The SMILES string of the molecule is O=C(CC1CCCCO1)NCc1ccc(C(=O)O)s1. The van der Waals surface area contributed by atoms with Gasteiger partial charge in [-0.1, -0.05) is 0 Å². The number of aromatic carboxylic acids is 1. The molecule has 0 saturated carbocycles. The molecule has 1 aliphatic rings.